The molecular formula is C15H24N2O4. The van der Waals surface area contributed by atoms with E-state index in [4.69, 9.17) is 15.4 Å². The smallest absolute Gasteiger partial charge is 0.412 e. The van der Waals surface area contributed by atoms with Gasteiger partial charge in [0.05, 0.1) is 19.4 Å². The maximum atomic E-state index is 11.9. The molecule has 0 spiro atoms. The van der Waals surface area contributed by atoms with Crippen molar-refractivity contribution >= 4 is 11.8 Å². The Hall–Kier alpha value is -1.79. The van der Waals surface area contributed by atoms with Crippen molar-refractivity contribution in [2.45, 2.75) is 39.2 Å². The van der Waals surface area contributed by atoms with Gasteiger partial charge in [-0.1, -0.05) is 13.0 Å². The Morgan fingerprint density at radius 2 is 2.05 bits per heavy atom. The van der Waals surface area contributed by atoms with Crippen molar-refractivity contribution in [1.29, 1.82) is 0 Å². The molecule has 0 saturated heterocycles. The standard InChI is InChI=1S/C15H24N2O4/c1-10(9-20-16)12-7-6-11(19-5)8-13(12)17-14(18)21-15(2,3)4/h6-8,10H,9,16H2,1-5H3,(H,17,18). The van der Waals surface area contributed by atoms with Crippen molar-refractivity contribution in [1.82, 2.24) is 0 Å². The maximum absolute atomic E-state index is 11.9. The molecule has 1 atom stereocenters. The molecule has 118 valence electrons. The van der Waals surface area contributed by atoms with Gasteiger partial charge in [0.1, 0.15) is 11.4 Å². The summed E-state index contributed by atoms with van der Waals surface area (Å²) in [4.78, 5) is 16.6. The van der Waals surface area contributed by atoms with Gasteiger partial charge in [-0.25, -0.2) is 10.7 Å². The minimum absolute atomic E-state index is 0.0193. The molecule has 1 aromatic carbocycles. The number of hydrogen-bond acceptors (Lipinski definition) is 5. The van der Waals surface area contributed by atoms with Crippen molar-refractivity contribution in [2.24, 2.45) is 5.90 Å². The normalized spacial score (nSPS) is 12.7. The van der Waals surface area contributed by atoms with Crippen LogP contribution in [0.4, 0.5) is 10.5 Å². The van der Waals surface area contributed by atoms with Gasteiger partial charge in [-0.05, 0) is 32.4 Å². The van der Waals surface area contributed by atoms with E-state index in [1.54, 1.807) is 13.2 Å². The minimum Gasteiger partial charge on any atom is -0.497 e. The van der Waals surface area contributed by atoms with E-state index in [1.165, 1.54) is 0 Å². The Bertz CT molecular complexity index is 483. The molecule has 0 radical (unpaired) electrons. The monoisotopic (exact) mass is 296 g/mol. The van der Waals surface area contributed by atoms with E-state index in [2.05, 4.69) is 10.2 Å². The fourth-order valence-electron chi connectivity index (χ4n) is 1.85. The van der Waals surface area contributed by atoms with Gasteiger partial charge in [-0.3, -0.25) is 5.32 Å². The van der Waals surface area contributed by atoms with Crippen molar-refractivity contribution in [2.75, 3.05) is 19.0 Å². The molecule has 1 rings (SSSR count). The number of amides is 1. The minimum atomic E-state index is -0.560. The predicted molar refractivity (Wildman–Crippen MR) is 81.4 cm³/mol. The Morgan fingerprint density at radius 3 is 2.57 bits per heavy atom. The fourth-order valence-corrected chi connectivity index (χ4v) is 1.85. The summed E-state index contributed by atoms with van der Waals surface area (Å²) in [6.45, 7) is 7.72. The number of benzene rings is 1. The lowest BCUT2D eigenvalue weighted by Crippen LogP contribution is -2.27. The number of carbonyl (C=O) groups excluding carboxylic acids is 1. The summed E-state index contributed by atoms with van der Waals surface area (Å²) >= 11 is 0. The summed E-state index contributed by atoms with van der Waals surface area (Å²) in [6.07, 6.45) is -0.516. The highest BCUT2D eigenvalue weighted by Gasteiger charge is 2.19. The van der Waals surface area contributed by atoms with E-state index in [-0.39, 0.29) is 5.92 Å². The van der Waals surface area contributed by atoms with Crippen LogP contribution in [0.25, 0.3) is 0 Å². The van der Waals surface area contributed by atoms with Gasteiger partial charge in [-0.15, -0.1) is 0 Å². The molecule has 6 nitrogen and oxygen atoms in total. The Morgan fingerprint density at radius 1 is 1.38 bits per heavy atom. The molecule has 0 bridgehead atoms. The van der Waals surface area contributed by atoms with Gasteiger partial charge in [-0.2, -0.15) is 0 Å². The van der Waals surface area contributed by atoms with Crippen LogP contribution in [0.1, 0.15) is 39.2 Å². The zero-order valence-electron chi connectivity index (χ0n) is 13.2. The Balaban J connectivity index is 2.98. The molecule has 0 aromatic heterocycles. The molecule has 1 unspecified atom stereocenters. The number of hydrogen-bond donors (Lipinski definition) is 2. The third kappa shape index (κ3) is 5.61. The first-order chi connectivity index (χ1) is 9.76. The number of rotatable bonds is 5. The van der Waals surface area contributed by atoms with Gasteiger partial charge in [0.25, 0.3) is 0 Å². The molecular weight excluding hydrogens is 272 g/mol. The highest BCUT2D eigenvalue weighted by molar-refractivity contribution is 5.86. The molecule has 0 saturated carbocycles. The first kappa shape index (κ1) is 17.3. The number of methoxy groups -OCH3 is 1. The van der Waals surface area contributed by atoms with Crippen LogP contribution in [0.15, 0.2) is 18.2 Å². The van der Waals surface area contributed by atoms with Crippen molar-refractivity contribution in [3.8, 4) is 5.75 Å². The SMILES string of the molecule is COc1ccc(C(C)CON)c(NC(=O)OC(C)(C)C)c1. The molecule has 0 aliphatic heterocycles. The third-order valence-corrected chi connectivity index (χ3v) is 2.77. The van der Waals surface area contributed by atoms with E-state index in [9.17, 15) is 4.79 Å². The zero-order chi connectivity index (χ0) is 16.0. The van der Waals surface area contributed by atoms with Crippen LogP contribution in [-0.2, 0) is 9.57 Å². The number of anilines is 1. The molecule has 21 heavy (non-hydrogen) atoms. The lowest BCUT2D eigenvalue weighted by molar-refractivity contribution is 0.0635. The number of nitrogens with two attached hydrogens (primary N) is 1. The highest BCUT2D eigenvalue weighted by Crippen LogP contribution is 2.29. The van der Waals surface area contributed by atoms with Crippen molar-refractivity contribution < 1.29 is 19.1 Å². The Kier molecular flexibility index (Phi) is 5.99. The molecule has 0 heterocycles. The van der Waals surface area contributed by atoms with Crippen LogP contribution in [0.5, 0.6) is 5.75 Å². The second kappa shape index (κ2) is 7.28. The van der Waals surface area contributed by atoms with E-state index in [1.807, 2.05) is 39.8 Å². The second-order valence-electron chi connectivity index (χ2n) is 5.81. The van der Waals surface area contributed by atoms with Gasteiger partial charge in [0, 0.05) is 12.0 Å². The van der Waals surface area contributed by atoms with Gasteiger partial charge in [0.15, 0.2) is 0 Å². The maximum Gasteiger partial charge on any atom is 0.412 e. The number of carbonyl (C=O) groups is 1. The first-order valence-corrected chi connectivity index (χ1v) is 6.76. The second-order valence-corrected chi connectivity index (χ2v) is 5.81. The first-order valence-electron chi connectivity index (χ1n) is 6.76. The van der Waals surface area contributed by atoms with Gasteiger partial charge < -0.3 is 14.3 Å². The topological polar surface area (TPSA) is 82.8 Å². The summed E-state index contributed by atoms with van der Waals surface area (Å²) in [6, 6.07) is 5.43. The van der Waals surface area contributed by atoms with Crippen LogP contribution >= 0.6 is 0 Å². The highest BCUT2D eigenvalue weighted by atomic mass is 16.6. The largest absolute Gasteiger partial charge is 0.497 e. The molecule has 0 aliphatic rings. The molecule has 1 amide bonds. The quantitative estimate of drug-likeness (QED) is 0.816. The van der Waals surface area contributed by atoms with Crippen LogP contribution in [-0.4, -0.2) is 25.4 Å². The van der Waals surface area contributed by atoms with Gasteiger partial charge >= 0.3 is 6.09 Å². The lowest BCUT2D eigenvalue weighted by Gasteiger charge is -2.22. The molecule has 3 N–H and O–H groups in total. The van der Waals surface area contributed by atoms with Crippen molar-refractivity contribution in [3.63, 3.8) is 0 Å². The summed E-state index contributed by atoms with van der Waals surface area (Å²) in [7, 11) is 1.57. The number of ether oxygens (including phenoxy) is 2. The van der Waals surface area contributed by atoms with Crippen LogP contribution < -0.4 is 16.0 Å². The fraction of sp³-hybridized carbons (Fsp3) is 0.533. The number of nitrogens with one attached hydrogen (secondary N) is 1. The van der Waals surface area contributed by atoms with Crippen molar-refractivity contribution in [3.05, 3.63) is 23.8 Å². The molecule has 0 fully saturated rings. The summed E-state index contributed by atoms with van der Waals surface area (Å²) in [5, 5.41) is 2.74. The predicted octanol–water partition coefficient (Wildman–Crippen LogP) is 3.04. The average Bonchev–Trinajstić information content (AvgIpc) is 2.36. The van der Waals surface area contributed by atoms with Gasteiger partial charge in [0.2, 0.25) is 0 Å². The third-order valence-electron chi connectivity index (χ3n) is 2.77. The van der Waals surface area contributed by atoms with E-state index >= 15 is 0 Å². The van der Waals surface area contributed by atoms with E-state index in [0.717, 1.165) is 5.56 Å². The lowest BCUT2D eigenvalue weighted by atomic mass is 10.00. The molecule has 0 aliphatic carbocycles. The zero-order valence-corrected chi connectivity index (χ0v) is 13.2. The van der Waals surface area contributed by atoms with Crippen LogP contribution in [0.3, 0.4) is 0 Å². The van der Waals surface area contributed by atoms with Crippen LogP contribution in [0.2, 0.25) is 0 Å². The molecule has 6 heteroatoms. The van der Waals surface area contributed by atoms with E-state index in [0.29, 0.717) is 18.0 Å². The summed E-state index contributed by atoms with van der Waals surface area (Å²) in [5.74, 6) is 5.78. The average molecular weight is 296 g/mol. The Labute approximate surface area is 125 Å². The molecule has 1 aromatic rings. The summed E-state index contributed by atoms with van der Waals surface area (Å²) < 4.78 is 10.4. The van der Waals surface area contributed by atoms with Crippen LogP contribution in [0, 0.1) is 0 Å². The summed E-state index contributed by atoms with van der Waals surface area (Å²) in [5.41, 5.74) is 0.954. The van der Waals surface area contributed by atoms with E-state index < -0.39 is 11.7 Å².